The van der Waals surface area contributed by atoms with Crippen LogP contribution in [0, 0.1) is 0 Å². The zero-order valence-corrected chi connectivity index (χ0v) is 8.88. The molecule has 80 valence electrons. The highest BCUT2D eigenvalue weighted by Crippen LogP contribution is 2.29. The van der Waals surface area contributed by atoms with E-state index in [0.717, 1.165) is 31.3 Å². The van der Waals surface area contributed by atoms with Gasteiger partial charge in [-0.05, 0) is 31.3 Å². The Hall–Kier alpha value is -0.830. The molecular weight excluding hydrogens is 180 g/mol. The van der Waals surface area contributed by atoms with E-state index in [0.29, 0.717) is 12.0 Å². The van der Waals surface area contributed by atoms with Crippen molar-refractivity contribution >= 4 is 5.97 Å². The number of carbonyl (C=O) groups is 1. The number of hydrogen-bond acceptors (Lipinski definition) is 2. The van der Waals surface area contributed by atoms with Crippen LogP contribution >= 0.6 is 0 Å². The molecule has 0 saturated heterocycles. The lowest BCUT2D eigenvalue weighted by atomic mass is 9.87. The maximum atomic E-state index is 11.0. The average Bonchev–Trinajstić information content (AvgIpc) is 2.19. The Balaban J connectivity index is 2.93. The molecule has 1 aliphatic carbocycles. The van der Waals surface area contributed by atoms with Gasteiger partial charge in [0, 0.05) is 12.7 Å². The summed E-state index contributed by atoms with van der Waals surface area (Å²) in [5, 5.41) is 9.03. The summed E-state index contributed by atoms with van der Waals surface area (Å²) in [6.07, 6.45) is 4.70. The Labute approximate surface area is 84.8 Å². The van der Waals surface area contributed by atoms with Crippen molar-refractivity contribution in [2.75, 3.05) is 7.11 Å². The number of hydrogen-bond donors (Lipinski definition) is 1. The quantitative estimate of drug-likeness (QED) is 0.708. The van der Waals surface area contributed by atoms with Crippen LogP contribution in [-0.4, -0.2) is 24.3 Å². The molecule has 14 heavy (non-hydrogen) atoms. The Morgan fingerprint density at radius 3 is 2.79 bits per heavy atom. The molecule has 1 saturated carbocycles. The van der Waals surface area contributed by atoms with Crippen molar-refractivity contribution in [3.8, 4) is 0 Å². The van der Waals surface area contributed by atoms with Gasteiger partial charge in [-0.25, -0.2) is 4.79 Å². The van der Waals surface area contributed by atoms with Crippen LogP contribution in [0.1, 0.15) is 39.0 Å². The second-order valence-electron chi connectivity index (χ2n) is 3.63. The van der Waals surface area contributed by atoms with E-state index in [1.807, 2.05) is 6.92 Å². The molecule has 0 aromatic heterocycles. The van der Waals surface area contributed by atoms with E-state index in [2.05, 4.69) is 0 Å². The Morgan fingerprint density at radius 2 is 2.29 bits per heavy atom. The summed E-state index contributed by atoms with van der Waals surface area (Å²) in [4.78, 5) is 11.0. The molecule has 1 N–H and O–H groups in total. The van der Waals surface area contributed by atoms with Gasteiger partial charge in [-0.15, -0.1) is 0 Å². The fraction of sp³-hybridized carbons (Fsp3) is 0.727. The van der Waals surface area contributed by atoms with Crippen molar-refractivity contribution in [1.29, 1.82) is 0 Å². The molecule has 1 atom stereocenters. The van der Waals surface area contributed by atoms with Crippen LogP contribution in [-0.2, 0) is 9.53 Å². The molecule has 3 heteroatoms. The average molecular weight is 198 g/mol. The smallest absolute Gasteiger partial charge is 0.331 e. The van der Waals surface area contributed by atoms with Gasteiger partial charge in [-0.3, -0.25) is 0 Å². The molecule has 1 aliphatic rings. The lowest BCUT2D eigenvalue weighted by Gasteiger charge is -2.25. The number of aliphatic carboxylic acids is 1. The van der Waals surface area contributed by atoms with Gasteiger partial charge in [0.25, 0.3) is 0 Å². The third-order valence-corrected chi connectivity index (χ3v) is 2.83. The van der Waals surface area contributed by atoms with E-state index in [9.17, 15) is 4.79 Å². The van der Waals surface area contributed by atoms with Gasteiger partial charge in [0.15, 0.2) is 0 Å². The van der Waals surface area contributed by atoms with E-state index >= 15 is 0 Å². The first-order valence-electron chi connectivity index (χ1n) is 5.18. The highest BCUT2D eigenvalue weighted by atomic mass is 16.5. The van der Waals surface area contributed by atoms with Crippen LogP contribution in [0.15, 0.2) is 11.1 Å². The van der Waals surface area contributed by atoms with Gasteiger partial charge >= 0.3 is 5.97 Å². The Kier molecular flexibility index (Phi) is 4.14. The summed E-state index contributed by atoms with van der Waals surface area (Å²) in [5.74, 6) is -0.786. The lowest BCUT2D eigenvalue weighted by Crippen LogP contribution is -2.22. The second kappa shape index (κ2) is 5.15. The van der Waals surface area contributed by atoms with Crippen molar-refractivity contribution in [3.05, 3.63) is 11.1 Å². The number of carboxylic acid groups (broad SMARTS) is 1. The van der Waals surface area contributed by atoms with Gasteiger partial charge in [-0.1, -0.05) is 13.3 Å². The van der Waals surface area contributed by atoms with Crippen LogP contribution in [0.5, 0.6) is 0 Å². The lowest BCUT2D eigenvalue weighted by molar-refractivity contribution is -0.133. The van der Waals surface area contributed by atoms with Crippen molar-refractivity contribution in [2.24, 2.45) is 0 Å². The molecule has 1 unspecified atom stereocenters. The fourth-order valence-electron chi connectivity index (χ4n) is 2.10. The first kappa shape index (κ1) is 11.2. The molecule has 0 heterocycles. The van der Waals surface area contributed by atoms with Crippen molar-refractivity contribution in [1.82, 2.24) is 0 Å². The normalized spacial score (nSPS) is 26.0. The number of methoxy groups -OCH3 is 1. The van der Waals surface area contributed by atoms with Gasteiger partial charge in [0.2, 0.25) is 0 Å². The molecule has 0 radical (unpaired) electrons. The summed E-state index contributed by atoms with van der Waals surface area (Å²) >= 11 is 0. The van der Waals surface area contributed by atoms with Crippen molar-refractivity contribution in [3.63, 3.8) is 0 Å². The predicted molar refractivity (Wildman–Crippen MR) is 54.2 cm³/mol. The van der Waals surface area contributed by atoms with Gasteiger partial charge in [0.1, 0.15) is 0 Å². The van der Waals surface area contributed by atoms with E-state index in [4.69, 9.17) is 9.84 Å². The van der Waals surface area contributed by atoms with E-state index in [-0.39, 0.29) is 6.10 Å². The third kappa shape index (κ3) is 2.35. The Morgan fingerprint density at radius 1 is 1.57 bits per heavy atom. The largest absolute Gasteiger partial charge is 0.478 e. The monoisotopic (exact) mass is 198 g/mol. The van der Waals surface area contributed by atoms with Crippen LogP contribution in [0.3, 0.4) is 0 Å². The summed E-state index contributed by atoms with van der Waals surface area (Å²) in [7, 11) is 1.66. The van der Waals surface area contributed by atoms with Crippen LogP contribution < -0.4 is 0 Å². The first-order chi connectivity index (χ1) is 6.70. The second-order valence-corrected chi connectivity index (χ2v) is 3.63. The molecule has 0 spiro atoms. The molecule has 1 rings (SSSR count). The minimum absolute atomic E-state index is 0.0369. The standard InChI is InChI=1S/C11H18O3/c1-3-8(11(12)13)9-6-4-5-7-10(9)14-2/h10H,3-7H2,1-2H3,(H,12,13)/b9-8-. The van der Waals surface area contributed by atoms with E-state index < -0.39 is 5.97 Å². The fourth-order valence-corrected chi connectivity index (χ4v) is 2.10. The number of carboxylic acids is 1. The van der Waals surface area contributed by atoms with Gasteiger partial charge < -0.3 is 9.84 Å². The zero-order chi connectivity index (χ0) is 10.6. The van der Waals surface area contributed by atoms with Crippen molar-refractivity contribution < 1.29 is 14.6 Å². The zero-order valence-electron chi connectivity index (χ0n) is 8.88. The highest BCUT2D eigenvalue weighted by molar-refractivity contribution is 5.87. The van der Waals surface area contributed by atoms with Gasteiger partial charge in [-0.2, -0.15) is 0 Å². The molecule has 0 aromatic carbocycles. The highest BCUT2D eigenvalue weighted by Gasteiger charge is 2.23. The summed E-state index contributed by atoms with van der Waals surface area (Å²) < 4.78 is 5.32. The summed E-state index contributed by atoms with van der Waals surface area (Å²) in [6.45, 7) is 1.89. The van der Waals surface area contributed by atoms with Crippen LogP contribution in [0.2, 0.25) is 0 Å². The van der Waals surface area contributed by atoms with E-state index in [1.165, 1.54) is 0 Å². The summed E-state index contributed by atoms with van der Waals surface area (Å²) in [5.41, 5.74) is 1.56. The van der Waals surface area contributed by atoms with Crippen LogP contribution in [0.25, 0.3) is 0 Å². The Bertz CT molecular complexity index is 243. The molecule has 1 fully saturated rings. The molecule has 0 aromatic rings. The molecule has 0 bridgehead atoms. The SMILES string of the molecule is CC/C(C(=O)O)=C1\CCCCC1OC. The maximum Gasteiger partial charge on any atom is 0.331 e. The topological polar surface area (TPSA) is 46.5 Å². The van der Waals surface area contributed by atoms with Gasteiger partial charge in [0.05, 0.1) is 6.10 Å². The number of rotatable bonds is 3. The van der Waals surface area contributed by atoms with Crippen molar-refractivity contribution in [2.45, 2.75) is 45.1 Å². The predicted octanol–water partition coefficient (Wildman–Crippen LogP) is 2.37. The van der Waals surface area contributed by atoms with E-state index in [1.54, 1.807) is 7.11 Å². The number of ether oxygens (including phenoxy) is 1. The molecular formula is C11H18O3. The maximum absolute atomic E-state index is 11.0. The molecule has 0 aliphatic heterocycles. The minimum atomic E-state index is -0.786. The summed E-state index contributed by atoms with van der Waals surface area (Å²) in [6, 6.07) is 0. The molecule has 3 nitrogen and oxygen atoms in total. The van der Waals surface area contributed by atoms with Crippen LogP contribution in [0.4, 0.5) is 0 Å². The first-order valence-corrected chi connectivity index (χ1v) is 5.18. The third-order valence-electron chi connectivity index (χ3n) is 2.83. The molecule has 0 amide bonds. The minimum Gasteiger partial charge on any atom is -0.478 e.